The number of carbonyl (C=O) groups excluding carboxylic acids is 1. The molecule has 168 valence electrons. The van der Waals surface area contributed by atoms with Gasteiger partial charge in [-0.1, -0.05) is 6.92 Å². The molecule has 9 nitrogen and oxygen atoms in total. The number of ether oxygens (including phenoxy) is 1. The molecule has 0 saturated carbocycles. The first-order valence-corrected chi connectivity index (χ1v) is 10.8. The Balaban J connectivity index is 1.55. The number of nitrogens with zero attached hydrogens (tertiary/aromatic N) is 4. The summed E-state index contributed by atoms with van der Waals surface area (Å²) in [5.74, 6) is 0.646. The second-order valence-electron chi connectivity index (χ2n) is 7.84. The highest BCUT2D eigenvalue weighted by atomic mass is 16.5. The molecule has 0 radical (unpaired) electrons. The van der Waals surface area contributed by atoms with Crippen molar-refractivity contribution < 1.29 is 9.53 Å². The van der Waals surface area contributed by atoms with Gasteiger partial charge in [0.1, 0.15) is 11.4 Å². The number of methoxy groups -OCH3 is 1. The van der Waals surface area contributed by atoms with Crippen molar-refractivity contribution >= 4 is 22.6 Å². The van der Waals surface area contributed by atoms with Gasteiger partial charge in [-0.25, -0.2) is 9.78 Å². The average Bonchev–Trinajstić information content (AvgIpc) is 3.07. The number of amides is 1. The molecule has 1 aliphatic heterocycles. The highest BCUT2D eigenvalue weighted by Crippen LogP contribution is 2.21. The maximum absolute atomic E-state index is 13.2. The molecule has 2 aromatic heterocycles. The lowest BCUT2D eigenvalue weighted by molar-refractivity contribution is 0.0767. The molecule has 1 N–H and O–H groups in total. The zero-order valence-corrected chi connectivity index (χ0v) is 18.3. The lowest BCUT2D eigenvalue weighted by Crippen LogP contribution is -2.35. The summed E-state index contributed by atoms with van der Waals surface area (Å²) in [6, 6.07) is 9.44. The maximum atomic E-state index is 13.2. The minimum absolute atomic E-state index is 0.163. The van der Waals surface area contributed by atoms with Crippen LogP contribution < -0.4 is 20.9 Å². The van der Waals surface area contributed by atoms with Crippen molar-refractivity contribution in [1.29, 1.82) is 0 Å². The van der Waals surface area contributed by atoms with Crippen LogP contribution in [-0.4, -0.2) is 58.6 Å². The zero-order chi connectivity index (χ0) is 22.7. The van der Waals surface area contributed by atoms with Crippen LogP contribution in [0.5, 0.6) is 5.75 Å². The molecule has 3 aromatic rings. The van der Waals surface area contributed by atoms with E-state index in [0.717, 1.165) is 30.8 Å². The van der Waals surface area contributed by atoms with Gasteiger partial charge in [0, 0.05) is 44.6 Å². The van der Waals surface area contributed by atoms with Crippen molar-refractivity contribution in [3.05, 3.63) is 62.9 Å². The lowest BCUT2D eigenvalue weighted by atomic mass is 10.2. The van der Waals surface area contributed by atoms with Gasteiger partial charge in [0.25, 0.3) is 11.5 Å². The Morgan fingerprint density at radius 2 is 1.91 bits per heavy atom. The second-order valence-corrected chi connectivity index (χ2v) is 7.84. The maximum Gasteiger partial charge on any atom is 0.329 e. The monoisotopic (exact) mass is 437 g/mol. The van der Waals surface area contributed by atoms with E-state index in [0.29, 0.717) is 37.4 Å². The van der Waals surface area contributed by atoms with Crippen molar-refractivity contribution in [2.45, 2.75) is 26.3 Å². The summed E-state index contributed by atoms with van der Waals surface area (Å²) in [5.41, 5.74) is 0.734. The number of carbonyl (C=O) groups is 1. The summed E-state index contributed by atoms with van der Waals surface area (Å²) in [6.07, 6.45) is 3.01. The van der Waals surface area contributed by atoms with Crippen LogP contribution in [0.15, 0.2) is 46.1 Å². The van der Waals surface area contributed by atoms with E-state index in [9.17, 15) is 14.4 Å². The fourth-order valence-electron chi connectivity index (χ4n) is 4.07. The second kappa shape index (κ2) is 9.25. The third-order valence-corrected chi connectivity index (χ3v) is 5.75. The normalized spacial score (nSPS) is 14.4. The first-order chi connectivity index (χ1) is 15.5. The predicted molar refractivity (Wildman–Crippen MR) is 123 cm³/mol. The van der Waals surface area contributed by atoms with Crippen molar-refractivity contribution in [3.63, 3.8) is 0 Å². The number of aryl methyl sites for hydroxylation is 1. The quantitative estimate of drug-likeness (QED) is 0.654. The number of anilines is 1. The largest absolute Gasteiger partial charge is 0.497 e. The first-order valence-electron chi connectivity index (χ1n) is 10.8. The molecule has 32 heavy (non-hydrogen) atoms. The average molecular weight is 438 g/mol. The number of pyridine rings is 1. The van der Waals surface area contributed by atoms with E-state index in [1.54, 1.807) is 18.1 Å². The lowest BCUT2D eigenvalue weighted by Gasteiger charge is -2.24. The number of aromatic amines is 1. The Hall–Kier alpha value is -3.62. The highest BCUT2D eigenvalue weighted by molar-refractivity contribution is 5.96. The van der Waals surface area contributed by atoms with E-state index in [1.807, 2.05) is 31.2 Å². The summed E-state index contributed by atoms with van der Waals surface area (Å²) in [4.78, 5) is 48.3. The topological polar surface area (TPSA) is 101 Å². The van der Waals surface area contributed by atoms with E-state index < -0.39 is 11.2 Å². The first kappa shape index (κ1) is 21.6. The van der Waals surface area contributed by atoms with Gasteiger partial charge in [-0.15, -0.1) is 0 Å². The number of rotatable bonds is 5. The molecule has 0 bridgehead atoms. The van der Waals surface area contributed by atoms with Gasteiger partial charge in [0.2, 0.25) is 0 Å². The molecule has 0 aliphatic carbocycles. The van der Waals surface area contributed by atoms with Crippen LogP contribution in [0.25, 0.3) is 11.0 Å². The van der Waals surface area contributed by atoms with Crippen LogP contribution in [0, 0.1) is 0 Å². The van der Waals surface area contributed by atoms with Crippen molar-refractivity contribution in [2.75, 3.05) is 38.2 Å². The SMILES string of the molecule is CCCn1c(=O)[nH]c(=O)c2cc(C(=O)N3CCCN(c4ccc(OC)cc4)CC3)cnc21. The Kier molecular flexibility index (Phi) is 6.25. The van der Waals surface area contributed by atoms with Crippen LogP contribution in [-0.2, 0) is 6.54 Å². The van der Waals surface area contributed by atoms with Crippen LogP contribution >= 0.6 is 0 Å². The van der Waals surface area contributed by atoms with Gasteiger partial charge >= 0.3 is 5.69 Å². The van der Waals surface area contributed by atoms with E-state index in [-0.39, 0.29) is 11.3 Å². The van der Waals surface area contributed by atoms with E-state index in [1.165, 1.54) is 10.8 Å². The Labute approximate surface area is 185 Å². The van der Waals surface area contributed by atoms with Gasteiger partial charge < -0.3 is 14.5 Å². The van der Waals surface area contributed by atoms with Gasteiger partial charge in [-0.3, -0.25) is 19.1 Å². The molecule has 1 aliphatic rings. The third-order valence-electron chi connectivity index (χ3n) is 5.75. The van der Waals surface area contributed by atoms with Crippen molar-refractivity contribution in [2.24, 2.45) is 0 Å². The van der Waals surface area contributed by atoms with Crippen LogP contribution in [0.4, 0.5) is 5.69 Å². The Bertz CT molecular complexity index is 1230. The third kappa shape index (κ3) is 4.23. The van der Waals surface area contributed by atoms with Gasteiger partial charge in [-0.2, -0.15) is 0 Å². The zero-order valence-electron chi connectivity index (χ0n) is 18.3. The Morgan fingerprint density at radius 1 is 1.12 bits per heavy atom. The molecule has 1 amide bonds. The van der Waals surface area contributed by atoms with Crippen LogP contribution in [0.2, 0.25) is 0 Å². The van der Waals surface area contributed by atoms with Crippen LogP contribution in [0.1, 0.15) is 30.1 Å². The minimum atomic E-state index is -0.527. The number of H-pyrrole nitrogens is 1. The molecule has 1 saturated heterocycles. The standard InChI is InChI=1S/C23H27N5O4/c1-3-9-28-20-19(21(29)25-23(28)31)14-16(15-24-20)22(30)27-11-4-10-26(12-13-27)17-5-7-18(32-2)8-6-17/h5-8,14-15H,3-4,9-13H2,1-2H3,(H,25,29,31). The number of nitrogens with one attached hydrogen (secondary N) is 1. The molecule has 3 heterocycles. The smallest absolute Gasteiger partial charge is 0.329 e. The highest BCUT2D eigenvalue weighted by Gasteiger charge is 2.22. The van der Waals surface area contributed by atoms with Crippen molar-refractivity contribution in [1.82, 2.24) is 19.4 Å². The van der Waals surface area contributed by atoms with Crippen LogP contribution in [0.3, 0.4) is 0 Å². The van der Waals surface area contributed by atoms with Gasteiger partial charge in [-0.05, 0) is 43.2 Å². The summed E-state index contributed by atoms with van der Waals surface area (Å²) >= 11 is 0. The summed E-state index contributed by atoms with van der Waals surface area (Å²) in [5, 5.41) is 0.249. The van der Waals surface area contributed by atoms with Gasteiger partial charge in [0.15, 0.2) is 0 Å². The number of hydrogen-bond acceptors (Lipinski definition) is 6. The number of fused-ring (bicyclic) bond motifs is 1. The number of benzene rings is 1. The fraction of sp³-hybridized carbons (Fsp3) is 0.391. The Morgan fingerprint density at radius 3 is 2.62 bits per heavy atom. The molecule has 4 rings (SSSR count). The molecule has 1 aromatic carbocycles. The van der Waals surface area contributed by atoms with E-state index >= 15 is 0 Å². The fourth-order valence-corrected chi connectivity index (χ4v) is 4.07. The minimum Gasteiger partial charge on any atom is -0.497 e. The number of aromatic nitrogens is 3. The van der Waals surface area contributed by atoms with Crippen molar-refractivity contribution in [3.8, 4) is 5.75 Å². The number of hydrogen-bond donors (Lipinski definition) is 1. The molecule has 0 unspecified atom stereocenters. The molecular formula is C23H27N5O4. The molecule has 9 heteroatoms. The summed E-state index contributed by atoms with van der Waals surface area (Å²) in [6.45, 7) is 5.12. The predicted octanol–water partition coefficient (Wildman–Crippen LogP) is 1.86. The molecule has 0 spiro atoms. The molecule has 1 fully saturated rings. The van der Waals surface area contributed by atoms with E-state index in [4.69, 9.17) is 4.74 Å². The van der Waals surface area contributed by atoms with Gasteiger partial charge in [0.05, 0.1) is 18.1 Å². The summed E-state index contributed by atoms with van der Waals surface area (Å²) < 4.78 is 6.66. The van der Waals surface area contributed by atoms with E-state index in [2.05, 4.69) is 14.9 Å². The molecule has 0 atom stereocenters. The molecular weight excluding hydrogens is 410 g/mol. The summed E-state index contributed by atoms with van der Waals surface area (Å²) in [7, 11) is 1.64.